The fourth-order valence-electron chi connectivity index (χ4n) is 1.96. The molecule has 0 aromatic heterocycles. The SMILES string of the molecule is CCOC(C)CNC(=O)C1CNc2ccccc2O1. The maximum atomic E-state index is 12.0. The van der Waals surface area contributed by atoms with Gasteiger partial charge in [0.05, 0.1) is 18.3 Å². The predicted octanol–water partition coefficient (Wildman–Crippen LogP) is 1.40. The minimum atomic E-state index is -0.497. The van der Waals surface area contributed by atoms with Crippen LogP contribution in [-0.4, -0.2) is 37.8 Å². The van der Waals surface area contributed by atoms with E-state index in [-0.39, 0.29) is 12.0 Å². The van der Waals surface area contributed by atoms with Crippen molar-refractivity contribution in [2.24, 2.45) is 0 Å². The number of anilines is 1. The number of para-hydroxylation sites is 2. The van der Waals surface area contributed by atoms with Crippen molar-refractivity contribution >= 4 is 11.6 Å². The number of nitrogens with one attached hydrogen (secondary N) is 2. The van der Waals surface area contributed by atoms with Crippen LogP contribution < -0.4 is 15.4 Å². The number of amides is 1. The second kappa shape index (κ2) is 6.43. The molecular formula is C14H20N2O3. The fraction of sp³-hybridized carbons (Fsp3) is 0.500. The van der Waals surface area contributed by atoms with Gasteiger partial charge in [-0.2, -0.15) is 0 Å². The molecule has 2 N–H and O–H groups in total. The Morgan fingerprint density at radius 3 is 3.16 bits per heavy atom. The minimum absolute atomic E-state index is 0.0118. The largest absolute Gasteiger partial charge is 0.477 e. The van der Waals surface area contributed by atoms with Gasteiger partial charge in [0.25, 0.3) is 5.91 Å². The van der Waals surface area contributed by atoms with E-state index >= 15 is 0 Å². The first-order chi connectivity index (χ1) is 9.20. The summed E-state index contributed by atoms with van der Waals surface area (Å²) in [6, 6.07) is 7.60. The van der Waals surface area contributed by atoms with Gasteiger partial charge in [0.1, 0.15) is 5.75 Å². The van der Waals surface area contributed by atoms with Crippen LogP contribution in [0.3, 0.4) is 0 Å². The van der Waals surface area contributed by atoms with E-state index in [1.807, 2.05) is 38.1 Å². The van der Waals surface area contributed by atoms with Crippen LogP contribution in [0.2, 0.25) is 0 Å². The van der Waals surface area contributed by atoms with E-state index < -0.39 is 6.10 Å². The summed E-state index contributed by atoms with van der Waals surface area (Å²) >= 11 is 0. The van der Waals surface area contributed by atoms with E-state index in [1.165, 1.54) is 0 Å². The van der Waals surface area contributed by atoms with Gasteiger partial charge >= 0.3 is 0 Å². The van der Waals surface area contributed by atoms with E-state index in [0.717, 1.165) is 5.69 Å². The average molecular weight is 264 g/mol. The number of fused-ring (bicyclic) bond motifs is 1. The number of carbonyl (C=O) groups is 1. The van der Waals surface area contributed by atoms with Crippen molar-refractivity contribution in [3.8, 4) is 5.75 Å². The zero-order chi connectivity index (χ0) is 13.7. The molecule has 1 aromatic rings. The molecule has 0 fully saturated rings. The van der Waals surface area contributed by atoms with Crippen molar-refractivity contribution in [3.63, 3.8) is 0 Å². The van der Waals surface area contributed by atoms with Gasteiger partial charge in [-0.3, -0.25) is 4.79 Å². The maximum absolute atomic E-state index is 12.0. The Bertz CT molecular complexity index is 436. The molecule has 0 aliphatic carbocycles. The Kier molecular flexibility index (Phi) is 4.63. The molecule has 1 aromatic carbocycles. The van der Waals surface area contributed by atoms with E-state index in [0.29, 0.717) is 25.4 Å². The van der Waals surface area contributed by atoms with E-state index in [9.17, 15) is 4.79 Å². The molecule has 104 valence electrons. The molecule has 0 spiro atoms. The molecule has 0 saturated carbocycles. The molecular weight excluding hydrogens is 244 g/mol. The van der Waals surface area contributed by atoms with Crippen LogP contribution in [0.25, 0.3) is 0 Å². The molecule has 5 heteroatoms. The first-order valence-corrected chi connectivity index (χ1v) is 6.59. The van der Waals surface area contributed by atoms with Crippen LogP contribution in [0, 0.1) is 0 Å². The Morgan fingerprint density at radius 2 is 2.37 bits per heavy atom. The smallest absolute Gasteiger partial charge is 0.263 e. The Labute approximate surface area is 113 Å². The summed E-state index contributed by atoms with van der Waals surface area (Å²) in [5.74, 6) is 0.598. The van der Waals surface area contributed by atoms with Gasteiger partial charge in [-0.25, -0.2) is 0 Å². The highest BCUT2D eigenvalue weighted by Gasteiger charge is 2.25. The lowest BCUT2D eigenvalue weighted by atomic mass is 10.2. The highest BCUT2D eigenvalue weighted by atomic mass is 16.5. The second-order valence-corrected chi connectivity index (χ2v) is 4.49. The van der Waals surface area contributed by atoms with Gasteiger partial charge in [-0.05, 0) is 26.0 Å². The summed E-state index contributed by atoms with van der Waals surface area (Å²) in [6.07, 6.45) is -0.485. The normalized spacial score (nSPS) is 18.7. The third-order valence-corrected chi connectivity index (χ3v) is 2.94. The molecule has 0 saturated heterocycles. The molecule has 1 heterocycles. The molecule has 1 amide bonds. The second-order valence-electron chi connectivity index (χ2n) is 4.49. The van der Waals surface area contributed by atoms with E-state index in [4.69, 9.17) is 9.47 Å². The van der Waals surface area contributed by atoms with Gasteiger partial charge in [0.15, 0.2) is 6.10 Å². The molecule has 2 rings (SSSR count). The topological polar surface area (TPSA) is 59.6 Å². The quantitative estimate of drug-likeness (QED) is 0.844. The first-order valence-electron chi connectivity index (χ1n) is 6.59. The van der Waals surface area contributed by atoms with E-state index in [2.05, 4.69) is 10.6 Å². The molecule has 19 heavy (non-hydrogen) atoms. The third kappa shape index (κ3) is 3.61. The molecule has 0 radical (unpaired) electrons. The minimum Gasteiger partial charge on any atom is -0.477 e. The number of hydrogen-bond acceptors (Lipinski definition) is 4. The third-order valence-electron chi connectivity index (χ3n) is 2.94. The summed E-state index contributed by atoms with van der Waals surface area (Å²) in [7, 11) is 0. The van der Waals surface area contributed by atoms with Gasteiger partial charge in [-0.15, -0.1) is 0 Å². The van der Waals surface area contributed by atoms with Crippen LogP contribution in [0.4, 0.5) is 5.69 Å². The molecule has 5 nitrogen and oxygen atoms in total. The van der Waals surface area contributed by atoms with Crippen LogP contribution in [-0.2, 0) is 9.53 Å². The highest BCUT2D eigenvalue weighted by Crippen LogP contribution is 2.28. The lowest BCUT2D eigenvalue weighted by molar-refractivity contribution is -0.128. The van der Waals surface area contributed by atoms with Crippen LogP contribution in [0.5, 0.6) is 5.75 Å². The summed E-state index contributed by atoms with van der Waals surface area (Å²) in [5.41, 5.74) is 0.925. The van der Waals surface area contributed by atoms with Crippen molar-refractivity contribution in [1.82, 2.24) is 5.32 Å². The van der Waals surface area contributed by atoms with Gasteiger partial charge in [0.2, 0.25) is 0 Å². The summed E-state index contributed by atoms with van der Waals surface area (Å²) in [6.45, 7) is 5.48. The summed E-state index contributed by atoms with van der Waals surface area (Å²) in [5, 5.41) is 6.03. The zero-order valence-electron chi connectivity index (χ0n) is 11.3. The fourth-order valence-corrected chi connectivity index (χ4v) is 1.96. The van der Waals surface area contributed by atoms with Gasteiger partial charge in [0, 0.05) is 13.2 Å². The standard InChI is InChI=1S/C14H20N2O3/c1-3-18-10(2)8-16-14(17)13-9-15-11-6-4-5-7-12(11)19-13/h4-7,10,13,15H,3,8-9H2,1-2H3,(H,16,17). The number of benzene rings is 1. The monoisotopic (exact) mass is 264 g/mol. The number of ether oxygens (including phenoxy) is 2. The maximum Gasteiger partial charge on any atom is 0.263 e. The number of hydrogen-bond donors (Lipinski definition) is 2. The number of carbonyl (C=O) groups excluding carboxylic acids is 1. The van der Waals surface area contributed by atoms with Crippen LogP contribution in [0.1, 0.15) is 13.8 Å². The van der Waals surface area contributed by atoms with Gasteiger partial charge < -0.3 is 20.1 Å². The Hall–Kier alpha value is -1.75. The van der Waals surface area contributed by atoms with Crippen LogP contribution >= 0.6 is 0 Å². The molecule has 2 unspecified atom stereocenters. The number of rotatable bonds is 5. The zero-order valence-corrected chi connectivity index (χ0v) is 11.3. The van der Waals surface area contributed by atoms with Crippen molar-refractivity contribution in [2.45, 2.75) is 26.1 Å². The van der Waals surface area contributed by atoms with Crippen molar-refractivity contribution in [3.05, 3.63) is 24.3 Å². The van der Waals surface area contributed by atoms with E-state index in [1.54, 1.807) is 0 Å². The molecule has 0 bridgehead atoms. The van der Waals surface area contributed by atoms with Crippen LogP contribution in [0.15, 0.2) is 24.3 Å². The Balaban J connectivity index is 1.85. The van der Waals surface area contributed by atoms with Gasteiger partial charge in [-0.1, -0.05) is 12.1 Å². The van der Waals surface area contributed by atoms with Crippen molar-refractivity contribution < 1.29 is 14.3 Å². The molecule has 1 aliphatic heterocycles. The lowest BCUT2D eigenvalue weighted by Crippen LogP contribution is -2.46. The highest BCUT2D eigenvalue weighted by molar-refractivity contribution is 5.83. The van der Waals surface area contributed by atoms with Crippen molar-refractivity contribution in [2.75, 3.05) is 25.0 Å². The summed E-state index contributed by atoms with van der Waals surface area (Å²) < 4.78 is 11.0. The Morgan fingerprint density at radius 1 is 1.58 bits per heavy atom. The molecule has 2 atom stereocenters. The lowest BCUT2D eigenvalue weighted by Gasteiger charge is -2.26. The van der Waals surface area contributed by atoms with Crippen molar-refractivity contribution in [1.29, 1.82) is 0 Å². The average Bonchev–Trinajstić information content (AvgIpc) is 2.44. The summed E-state index contributed by atoms with van der Waals surface area (Å²) in [4.78, 5) is 12.0. The first kappa shape index (κ1) is 13.7. The predicted molar refractivity (Wildman–Crippen MR) is 73.4 cm³/mol. The molecule has 1 aliphatic rings.